The number of hydrogen-bond donors (Lipinski definition) is 1. The summed E-state index contributed by atoms with van der Waals surface area (Å²) in [5.74, 6) is -0.778. The molecule has 0 spiro atoms. The van der Waals surface area contributed by atoms with Gasteiger partial charge in [0, 0.05) is 12.7 Å². The molecule has 0 aliphatic carbocycles. The number of nitrogens with zero attached hydrogens (tertiary/aromatic N) is 1. The van der Waals surface area contributed by atoms with E-state index in [0.717, 1.165) is 12.1 Å². The highest BCUT2D eigenvalue weighted by Crippen LogP contribution is 2.28. The second-order valence-corrected chi connectivity index (χ2v) is 6.12. The molecule has 0 unspecified atom stereocenters. The van der Waals surface area contributed by atoms with Crippen LogP contribution < -0.4 is 9.46 Å². The number of methoxy groups -OCH3 is 1. The molecule has 0 bridgehead atoms. The zero-order chi connectivity index (χ0) is 16.3. The van der Waals surface area contributed by atoms with Crippen LogP contribution in [0.15, 0.2) is 27.6 Å². The molecule has 0 radical (unpaired) electrons. The van der Waals surface area contributed by atoms with Crippen LogP contribution >= 0.6 is 0 Å². The van der Waals surface area contributed by atoms with Gasteiger partial charge in [0.2, 0.25) is 5.88 Å². The van der Waals surface area contributed by atoms with E-state index in [1.165, 1.54) is 13.2 Å². The molecular weight excluding hydrogens is 315 g/mol. The topological polar surface area (TPSA) is 90.7 Å². The molecule has 0 fully saturated rings. The van der Waals surface area contributed by atoms with E-state index in [0.29, 0.717) is 11.3 Å². The molecule has 0 amide bonds. The van der Waals surface area contributed by atoms with Crippen LogP contribution in [-0.4, -0.2) is 27.5 Å². The molecule has 0 atom stereocenters. The lowest BCUT2D eigenvalue weighted by Crippen LogP contribution is -2.15. The van der Waals surface area contributed by atoms with Gasteiger partial charge in [-0.05, 0) is 32.0 Å². The molecule has 2 rings (SSSR count). The van der Waals surface area contributed by atoms with Crippen LogP contribution in [0.2, 0.25) is 0 Å². The normalized spacial score (nSPS) is 11.5. The van der Waals surface area contributed by atoms with Crippen molar-refractivity contribution in [3.63, 3.8) is 0 Å². The Bertz CT molecular complexity index is 773. The Balaban J connectivity index is 2.40. The Morgan fingerprint density at radius 2 is 2.09 bits per heavy atom. The van der Waals surface area contributed by atoms with Crippen LogP contribution in [0.3, 0.4) is 0 Å². The summed E-state index contributed by atoms with van der Waals surface area (Å²) in [6.45, 7) is 3.15. The lowest BCUT2D eigenvalue weighted by molar-refractivity contribution is 0.0489. The number of sulfonamides is 1. The second kappa shape index (κ2) is 6.32. The maximum atomic E-state index is 13.4. The predicted octanol–water partition coefficient (Wildman–Crippen LogP) is 2.21. The number of hydrogen-bond acceptors (Lipinski definition) is 6. The Morgan fingerprint density at radius 3 is 2.68 bits per heavy atom. The Labute approximate surface area is 127 Å². The number of rotatable bonds is 6. The third-order valence-corrected chi connectivity index (χ3v) is 4.26. The summed E-state index contributed by atoms with van der Waals surface area (Å²) in [4.78, 5) is -0.363. The summed E-state index contributed by atoms with van der Waals surface area (Å²) in [7, 11) is -2.72. The molecule has 1 aromatic carbocycles. The van der Waals surface area contributed by atoms with E-state index in [4.69, 9.17) is 14.0 Å². The van der Waals surface area contributed by atoms with Gasteiger partial charge in [0.15, 0.2) is 6.79 Å². The van der Waals surface area contributed by atoms with E-state index < -0.39 is 15.8 Å². The average Bonchev–Trinajstić information content (AvgIpc) is 2.77. The first-order valence-corrected chi connectivity index (χ1v) is 7.70. The summed E-state index contributed by atoms with van der Waals surface area (Å²) in [5.41, 5.74) is 1.09. The molecule has 9 heteroatoms. The number of aryl methyl sites for hydroxylation is 1. The molecule has 0 aliphatic rings. The summed E-state index contributed by atoms with van der Waals surface area (Å²) in [5, 5.41) is 3.66. The van der Waals surface area contributed by atoms with E-state index in [1.807, 2.05) is 0 Å². The van der Waals surface area contributed by atoms with E-state index in [9.17, 15) is 12.8 Å². The number of halogens is 1. The highest BCUT2D eigenvalue weighted by Gasteiger charge is 2.24. The molecule has 0 saturated heterocycles. The largest absolute Gasteiger partial charge is 0.466 e. The average molecular weight is 330 g/mol. The fourth-order valence-corrected chi connectivity index (χ4v) is 2.83. The van der Waals surface area contributed by atoms with Crippen molar-refractivity contribution in [2.45, 2.75) is 18.7 Å². The molecule has 120 valence electrons. The zero-order valence-electron chi connectivity index (χ0n) is 12.2. The van der Waals surface area contributed by atoms with Gasteiger partial charge in [-0.1, -0.05) is 5.16 Å². The van der Waals surface area contributed by atoms with Gasteiger partial charge in [-0.15, -0.1) is 0 Å². The molecule has 22 heavy (non-hydrogen) atoms. The summed E-state index contributed by atoms with van der Waals surface area (Å²) in [6, 6.07) is 3.15. The van der Waals surface area contributed by atoms with Gasteiger partial charge in [-0.2, -0.15) is 0 Å². The smallest absolute Gasteiger partial charge is 0.268 e. The lowest BCUT2D eigenvalue weighted by Gasteiger charge is -2.12. The Hall–Kier alpha value is -2.13. The predicted molar refractivity (Wildman–Crippen MR) is 75.7 cm³/mol. The highest BCUT2D eigenvalue weighted by atomic mass is 32.2. The minimum Gasteiger partial charge on any atom is -0.466 e. The quantitative estimate of drug-likeness (QED) is 0.817. The van der Waals surface area contributed by atoms with Gasteiger partial charge in [-0.25, -0.2) is 17.5 Å². The second-order valence-electron chi connectivity index (χ2n) is 4.47. The van der Waals surface area contributed by atoms with Crippen LogP contribution in [0.5, 0.6) is 5.75 Å². The van der Waals surface area contributed by atoms with Crippen molar-refractivity contribution in [1.82, 2.24) is 5.16 Å². The maximum absolute atomic E-state index is 13.4. The van der Waals surface area contributed by atoms with Crippen molar-refractivity contribution < 1.29 is 26.8 Å². The van der Waals surface area contributed by atoms with Crippen LogP contribution in [0.25, 0.3) is 0 Å². The minimum absolute atomic E-state index is 0.0283. The molecule has 0 aliphatic heterocycles. The van der Waals surface area contributed by atoms with E-state index in [1.54, 1.807) is 13.8 Å². The standard InChI is InChI=1S/C13H15FN2O5S/c1-8-9(2)15-21-13(8)16-22(17,18)12-6-10(14)4-5-11(12)20-7-19-3/h4-6,16H,7H2,1-3H3. The van der Waals surface area contributed by atoms with Crippen molar-refractivity contribution in [3.8, 4) is 5.75 Å². The molecule has 0 saturated carbocycles. The Kier molecular flexibility index (Phi) is 4.67. The Morgan fingerprint density at radius 1 is 1.36 bits per heavy atom. The van der Waals surface area contributed by atoms with Crippen molar-refractivity contribution >= 4 is 15.9 Å². The van der Waals surface area contributed by atoms with Gasteiger partial charge in [0.1, 0.15) is 16.5 Å². The number of anilines is 1. The SMILES string of the molecule is COCOc1ccc(F)cc1S(=O)(=O)Nc1onc(C)c1C. The molecule has 1 heterocycles. The summed E-state index contributed by atoms with van der Waals surface area (Å²) < 4.78 is 55.2. The fraction of sp³-hybridized carbons (Fsp3) is 0.308. The van der Waals surface area contributed by atoms with Crippen LogP contribution in [0.1, 0.15) is 11.3 Å². The fourth-order valence-electron chi connectivity index (χ4n) is 1.62. The number of benzene rings is 1. The van der Waals surface area contributed by atoms with Gasteiger partial charge in [0.05, 0.1) is 5.69 Å². The van der Waals surface area contributed by atoms with Crippen molar-refractivity contribution in [2.75, 3.05) is 18.6 Å². The highest BCUT2D eigenvalue weighted by molar-refractivity contribution is 7.92. The third-order valence-electron chi connectivity index (χ3n) is 2.91. The molecule has 7 nitrogen and oxygen atoms in total. The lowest BCUT2D eigenvalue weighted by atomic mass is 10.3. The van der Waals surface area contributed by atoms with E-state index in [2.05, 4.69) is 9.88 Å². The molecular formula is C13H15FN2O5S. The van der Waals surface area contributed by atoms with Crippen LogP contribution in [-0.2, 0) is 14.8 Å². The van der Waals surface area contributed by atoms with E-state index in [-0.39, 0.29) is 23.3 Å². The minimum atomic E-state index is -4.11. The first-order valence-electron chi connectivity index (χ1n) is 6.22. The molecule has 2 aromatic rings. The van der Waals surface area contributed by atoms with Gasteiger partial charge < -0.3 is 14.0 Å². The van der Waals surface area contributed by atoms with Crippen molar-refractivity contribution in [1.29, 1.82) is 0 Å². The summed E-state index contributed by atoms with van der Waals surface area (Å²) >= 11 is 0. The van der Waals surface area contributed by atoms with Crippen molar-refractivity contribution in [3.05, 3.63) is 35.3 Å². The summed E-state index contributed by atoms with van der Waals surface area (Å²) in [6.07, 6.45) is 0. The number of nitrogens with one attached hydrogen (secondary N) is 1. The van der Waals surface area contributed by atoms with Gasteiger partial charge in [0.25, 0.3) is 10.0 Å². The third kappa shape index (κ3) is 3.37. The van der Waals surface area contributed by atoms with Crippen LogP contribution in [0, 0.1) is 19.7 Å². The van der Waals surface area contributed by atoms with Gasteiger partial charge in [-0.3, -0.25) is 0 Å². The molecule has 1 aromatic heterocycles. The van der Waals surface area contributed by atoms with Crippen LogP contribution in [0.4, 0.5) is 10.3 Å². The number of ether oxygens (including phenoxy) is 2. The zero-order valence-corrected chi connectivity index (χ0v) is 13.0. The van der Waals surface area contributed by atoms with Gasteiger partial charge >= 0.3 is 0 Å². The first kappa shape index (κ1) is 16.2. The first-order chi connectivity index (χ1) is 10.3. The van der Waals surface area contributed by atoms with E-state index >= 15 is 0 Å². The monoisotopic (exact) mass is 330 g/mol. The van der Waals surface area contributed by atoms with Crippen molar-refractivity contribution in [2.24, 2.45) is 0 Å². The molecule has 1 N–H and O–H groups in total. The maximum Gasteiger partial charge on any atom is 0.268 e. The number of aromatic nitrogens is 1.